The van der Waals surface area contributed by atoms with Gasteiger partial charge in [-0.05, 0) is 37.6 Å². The number of benzene rings is 2. The van der Waals surface area contributed by atoms with E-state index in [1.54, 1.807) is 36.4 Å². The van der Waals surface area contributed by atoms with Crippen molar-refractivity contribution in [2.45, 2.75) is 20.4 Å². The second kappa shape index (κ2) is 9.89. The maximum Gasteiger partial charge on any atom is 0.275 e. The third-order valence-corrected chi connectivity index (χ3v) is 4.63. The van der Waals surface area contributed by atoms with Crippen LogP contribution >= 0.6 is 11.6 Å². The van der Waals surface area contributed by atoms with Crippen LogP contribution in [0.3, 0.4) is 0 Å². The largest absolute Gasteiger partial charge is 0.478 e. The number of hydrogen-bond donors (Lipinski definition) is 2. The van der Waals surface area contributed by atoms with E-state index >= 15 is 0 Å². The van der Waals surface area contributed by atoms with Crippen molar-refractivity contribution in [3.63, 3.8) is 0 Å². The van der Waals surface area contributed by atoms with E-state index < -0.39 is 5.91 Å². The van der Waals surface area contributed by atoms with Crippen LogP contribution in [-0.2, 0) is 6.54 Å². The molecule has 1 aromatic heterocycles. The Morgan fingerprint density at radius 3 is 2.47 bits per heavy atom. The summed E-state index contributed by atoms with van der Waals surface area (Å²) >= 11 is 6.13. The van der Waals surface area contributed by atoms with Crippen LogP contribution < -0.4 is 15.4 Å². The Morgan fingerprint density at radius 2 is 1.73 bits per heavy atom. The van der Waals surface area contributed by atoms with Gasteiger partial charge in [0.25, 0.3) is 11.8 Å². The molecule has 0 aliphatic heterocycles. The van der Waals surface area contributed by atoms with Crippen molar-refractivity contribution in [3.8, 4) is 5.88 Å². The molecule has 3 rings (SSSR count). The van der Waals surface area contributed by atoms with E-state index in [0.717, 1.165) is 11.1 Å². The molecule has 0 aliphatic rings. The minimum atomic E-state index is -0.527. The number of rotatable bonds is 7. The Bertz CT molecular complexity index is 1050. The molecule has 0 spiro atoms. The molecule has 3 aromatic rings. The second-order valence-electron chi connectivity index (χ2n) is 6.58. The van der Waals surface area contributed by atoms with Gasteiger partial charge < -0.3 is 15.4 Å². The van der Waals surface area contributed by atoms with Gasteiger partial charge in [0.15, 0.2) is 5.69 Å². The van der Waals surface area contributed by atoms with Crippen molar-refractivity contribution in [1.29, 1.82) is 0 Å². The first-order valence-electron chi connectivity index (χ1n) is 9.51. The maximum absolute atomic E-state index is 12.7. The summed E-state index contributed by atoms with van der Waals surface area (Å²) in [6.45, 7) is 4.62. The van der Waals surface area contributed by atoms with E-state index in [9.17, 15) is 9.59 Å². The highest BCUT2D eigenvalue weighted by molar-refractivity contribution is 6.34. The Hall–Kier alpha value is -3.38. The van der Waals surface area contributed by atoms with E-state index in [1.165, 1.54) is 0 Å². The number of amides is 2. The van der Waals surface area contributed by atoms with Crippen LogP contribution in [0.1, 0.15) is 38.9 Å². The normalized spacial score (nSPS) is 10.4. The lowest BCUT2D eigenvalue weighted by Gasteiger charge is -2.12. The molecule has 0 unspecified atom stereocenters. The third kappa shape index (κ3) is 5.36. The lowest BCUT2D eigenvalue weighted by molar-refractivity contribution is 0.0952. The number of carbonyl (C=O) groups is 2. The van der Waals surface area contributed by atoms with Gasteiger partial charge in [0.1, 0.15) is 0 Å². The number of nitrogens with one attached hydrogen (secondary N) is 2. The number of aryl methyl sites for hydroxylation is 1. The molecule has 0 aliphatic carbocycles. The lowest BCUT2D eigenvalue weighted by Crippen LogP contribution is -2.25. The molecule has 2 aromatic carbocycles. The predicted octanol–water partition coefficient (Wildman–Crippen LogP) is 4.62. The Morgan fingerprint density at radius 1 is 1.00 bits per heavy atom. The van der Waals surface area contributed by atoms with Gasteiger partial charge in [0.2, 0.25) is 5.88 Å². The number of pyridine rings is 1. The minimum absolute atomic E-state index is 0.0254. The summed E-state index contributed by atoms with van der Waals surface area (Å²) in [6, 6.07) is 17.8. The quantitative estimate of drug-likeness (QED) is 0.580. The number of ether oxygens (including phenoxy) is 1. The highest BCUT2D eigenvalue weighted by atomic mass is 35.5. The fourth-order valence-electron chi connectivity index (χ4n) is 2.77. The molecule has 0 radical (unpaired) electrons. The number of nitrogens with zero attached hydrogens (tertiary/aromatic N) is 1. The molecular formula is C23H22ClN3O3. The summed E-state index contributed by atoms with van der Waals surface area (Å²) in [7, 11) is 0. The molecule has 2 amide bonds. The number of hydrogen-bond acceptors (Lipinski definition) is 4. The molecule has 30 heavy (non-hydrogen) atoms. The summed E-state index contributed by atoms with van der Waals surface area (Å²) < 4.78 is 5.33. The van der Waals surface area contributed by atoms with Crippen LogP contribution in [0.2, 0.25) is 5.02 Å². The van der Waals surface area contributed by atoms with Gasteiger partial charge in [-0.1, -0.05) is 53.6 Å². The standard InChI is InChI=1S/C23H22ClN3O3/c1-3-30-20-13-12-18(24)21(27-20)23(29)26-19-7-5-4-6-17(19)22(28)25-14-16-10-8-15(2)9-11-16/h4-13H,3,14H2,1-2H3,(H,25,28)(H,26,29). The zero-order valence-electron chi connectivity index (χ0n) is 16.7. The van der Waals surface area contributed by atoms with Crippen molar-refractivity contribution in [1.82, 2.24) is 10.3 Å². The van der Waals surface area contributed by atoms with Crippen LogP contribution in [0.4, 0.5) is 5.69 Å². The minimum Gasteiger partial charge on any atom is -0.478 e. The number of halogens is 1. The van der Waals surface area contributed by atoms with E-state index in [-0.39, 0.29) is 16.6 Å². The number of para-hydroxylation sites is 1. The third-order valence-electron chi connectivity index (χ3n) is 4.32. The van der Waals surface area contributed by atoms with Crippen molar-refractivity contribution >= 4 is 29.1 Å². The van der Waals surface area contributed by atoms with Crippen LogP contribution in [-0.4, -0.2) is 23.4 Å². The predicted molar refractivity (Wildman–Crippen MR) is 117 cm³/mol. The zero-order chi connectivity index (χ0) is 21.5. The average molecular weight is 424 g/mol. The summed E-state index contributed by atoms with van der Waals surface area (Å²) in [5, 5.41) is 5.79. The van der Waals surface area contributed by atoms with Crippen LogP contribution in [0, 0.1) is 6.92 Å². The van der Waals surface area contributed by atoms with E-state index in [1.807, 2.05) is 38.1 Å². The maximum atomic E-state index is 12.7. The van der Waals surface area contributed by atoms with Crippen molar-refractivity contribution in [3.05, 3.63) is 88.1 Å². The van der Waals surface area contributed by atoms with E-state index in [0.29, 0.717) is 30.3 Å². The molecule has 0 fully saturated rings. The SMILES string of the molecule is CCOc1ccc(Cl)c(C(=O)Nc2ccccc2C(=O)NCc2ccc(C)cc2)n1. The average Bonchev–Trinajstić information content (AvgIpc) is 2.75. The Labute approximate surface area is 180 Å². The topological polar surface area (TPSA) is 80.3 Å². The van der Waals surface area contributed by atoms with Gasteiger partial charge in [-0.15, -0.1) is 0 Å². The Kier molecular flexibility index (Phi) is 7.03. The van der Waals surface area contributed by atoms with E-state index in [4.69, 9.17) is 16.3 Å². The molecule has 6 nitrogen and oxygen atoms in total. The molecule has 0 atom stereocenters. The number of aromatic nitrogens is 1. The molecule has 0 saturated heterocycles. The van der Waals surface area contributed by atoms with Crippen molar-refractivity contribution in [2.24, 2.45) is 0 Å². The number of anilines is 1. The van der Waals surface area contributed by atoms with Crippen LogP contribution in [0.5, 0.6) is 5.88 Å². The molecule has 7 heteroatoms. The molecule has 154 valence electrons. The first kappa shape index (κ1) is 21.3. The lowest BCUT2D eigenvalue weighted by atomic mass is 10.1. The fourth-order valence-corrected chi connectivity index (χ4v) is 2.96. The molecule has 2 N–H and O–H groups in total. The van der Waals surface area contributed by atoms with Crippen molar-refractivity contribution in [2.75, 3.05) is 11.9 Å². The molecule has 1 heterocycles. The first-order chi connectivity index (χ1) is 14.5. The molecular weight excluding hydrogens is 402 g/mol. The van der Waals surface area contributed by atoms with Gasteiger partial charge in [-0.3, -0.25) is 9.59 Å². The van der Waals surface area contributed by atoms with Gasteiger partial charge in [0, 0.05) is 12.6 Å². The van der Waals surface area contributed by atoms with Gasteiger partial charge in [0.05, 0.1) is 22.9 Å². The highest BCUT2D eigenvalue weighted by Crippen LogP contribution is 2.21. The molecule has 0 bridgehead atoms. The summed E-state index contributed by atoms with van der Waals surface area (Å²) in [4.78, 5) is 29.6. The summed E-state index contributed by atoms with van der Waals surface area (Å²) in [5.41, 5.74) is 2.87. The van der Waals surface area contributed by atoms with Crippen LogP contribution in [0.25, 0.3) is 0 Å². The van der Waals surface area contributed by atoms with Crippen molar-refractivity contribution < 1.29 is 14.3 Å². The van der Waals surface area contributed by atoms with Gasteiger partial charge >= 0.3 is 0 Å². The smallest absolute Gasteiger partial charge is 0.275 e. The molecule has 0 saturated carbocycles. The van der Waals surface area contributed by atoms with Gasteiger partial charge in [-0.25, -0.2) is 4.98 Å². The number of carbonyl (C=O) groups excluding carboxylic acids is 2. The highest BCUT2D eigenvalue weighted by Gasteiger charge is 2.18. The van der Waals surface area contributed by atoms with E-state index in [2.05, 4.69) is 15.6 Å². The summed E-state index contributed by atoms with van der Waals surface area (Å²) in [5.74, 6) is -0.523. The fraction of sp³-hybridized carbons (Fsp3) is 0.174. The Balaban J connectivity index is 1.74. The monoisotopic (exact) mass is 423 g/mol. The van der Waals surface area contributed by atoms with Crippen LogP contribution in [0.15, 0.2) is 60.7 Å². The zero-order valence-corrected chi connectivity index (χ0v) is 17.5. The van der Waals surface area contributed by atoms with Gasteiger partial charge in [-0.2, -0.15) is 0 Å². The first-order valence-corrected chi connectivity index (χ1v) is 9.89. The summed E-state index contributed by atoms with van der Waals surface area (Å²) in [6.07, 6.45) is 0. The second-order valence-corrected chi connectivity index (χ2v) is 6.99.